The third-order valence-corrected chi connectivity index (χ3v) is 5.19. The molecule has 0 aliphatic carbocycles. The maximum atomic E-state index is 12.8. The Morgan fingerprint density at radius 3 is 2.50 bits per heavy atom. The second-order valence-electron chi connectivity index (χ2n) is 7.20. The first-order chi connectivity index (χ1) is 13.5. The smallest absolute Gasteiger partial charge is 0.254 e. The molecule has 1 fully saturated rings. The molecule has 1 aliphatic heterocycles. The third kappa shape index (κ3) is 4.70. The molecule has 2 aromatic carbocycles. The molecule has 1 heterocycles. The monoisotopic (exact) mass is 380 g/mol. The molecule has 1 saturated heterocycles. The average Bonchev–Trinajstić information content (AvgIpc) is 2.70. The zero-order valence-electron chi connectivity index (χ0n) is 16.6. The van der Waals surface area contributed by atoms with E-state index < -0.39 is 0 Å². The van der Waals surface area contributed by atoms with E-state index in [9.17, 15) is 9.59 Å². The third-order valence-electron chi connectivity index (χ3n) is 5.19. The predicted molar refractivity (Wildman–Crippen MR) is 112 cm³/mol. The minimum Gasteiger partial charge on any atom is -0.399 e. The van der Waals surface area contributed by atoms with Crippen LogP contribution in [0.3, 0.4) is 0 Å². The summed E-state index contributed by atoms with van der Waals surface area (Å²) in [5.41, 5.74) is 10.0. The number of anilines is 2. The number of nitrogen functional groups attached to an aromatic ring is 1. The van der Waals surface area contributed by atoms with Crippen LogP contribution in [-0.4, -0.2) is 54.3 Å². The van der Waals surface area contributed by atoms with Gasteiger partial charge in [-0.2, -0.15) is 0 Å². The van der Waals surface area contributed by atoms with Crippen molar-refractivity contribution in [3.05, 3.63) is 59.2 Å². The highest BCUT2D eigenvalue weighted by Gasteiger charge is 2.24. The Morgan fingerprint density at radius 1 is 1.07 bits per heavy atom. The molecule has 3 N–H and O–H groups in total. The number of nitrogens with one attached hydrogen (secondary N) is 1. The summed E-state index contributed by atoms with van der Waals surface area (Å²) in [6.07, 6.45) is 0.876. The summed E-state index contributed by atoms with van der Waals surface area (Å²) in [6.45, 7) is 6.88. The number of rotatable bonds is 5. The van der Waals surface area contributed by atoms with E-state index in [0.29, 0.717) is 44.0 Å². The van der Waals surface area contributed by atoms with Crippen LogP contribution >= 0.6 is 0 Å². The van der Waals surface area contributed by atoms with Gasteiger partial charge >= 0.3 is 0 Å². The van der Waals surface area contributed by atoms with Crippen LogP contribution in [0.15, 0.2) is 42.5 Å². The molecule has 0 bridgehead atoms. The van der Waals surface area contributed by atoms with Crippen LogP contribution in [0.1, 0.15) is 28.4 Å². The normalized spacial score (nSPS) is 14.7. The fraction of sp³-hybridized carbons (Fsp3) is 0.364. The van der Waals surface area contributed by atoms with Gasteiger partial charge in [-0.1, -0.05) is 31.2 Å². The molecule has 2 amide bonds. The largest absolute Gasteiger partial charge is 0.399 e. The summed E-state index contributed by atoms with van der Waals surface area (Å²) in [5, 5.41) is 3.01. The van der Waals surface area contributed by atoms with E-state index in [0.717, 1.165) is 23.2 Å². The molecule has 1 aliphatic rings. The fourth-order valence-corrected chi connectivity index (χ4v) is 3.49. The lowest BCUT2D eigenvalue weighted by Crippen LogP contribution is -2.50. The molecule has 0 unspecified atom stereocenters. The topological polar surface area (TPSA) is 78.7 Å². The number of para-hydroxylation sites is 1. The number of aryl methyl sites for hydroxylation is 2. The Kier molecular flexibility index (Phi) is 6.31. The van der Waals surface area contributed by atoms with Crippen LogP contribution in [0.2, 0.25) is 0 Å². The lowest BCUT2D eigenvalue weighted by molar-refractivity contribution is -0.117. The Labute approximate surface area is 166 Å². The Morgan fingerprint density at radius 2 is 1.79 bits per heavy atom. The van der Waals surface area contributed by atoms with Crippen LogP contribution in [0.4, 0.5) is 11.4 Å². The molecule has 148 valence electrons. The number of carbonyl (C=O) groups excluding carboxylic acids is 2. The fourth-order valence-electron chi connectivity index (χ4n) is 3.49. The van der Waals surface area contributed by atoms with Crippen molar-refractivity contribution in [3.63, 3.8) is 0 Å². The van der Waals surface area contributed by atoms with Crippen LogP contribution in [0, 0.1) is 6.92 Å². The van der Waals surface area contributed by atoms with Gasteiger partial charge < -0.3 is 16.0 Å². The number of nitrogens with zero attached hydrogens (tertiary/aromatic N) is 2. The van der Waals surface area contributed by atoms with Gasteiger partial charge in [-0.25, -0.2) is 0 Å². The van der Waals surface area contributed by atoms with Crippen molar-refractivity contribution in [2.45, 2.75) is 20.3 Å². The molecule has 0 aromatic heterocycles. The van der Waals surface area contributed by atoms with Crippen molar-refractivity contribution in [3.8, 4) is 0 Å². The summed E-state index contributed by atoms with van der Waals surface area (Å²) in [7, 11) is 0. The Balaban J connectivity index is 1.53. The zero-order chi connectivity index (χ0) is 20.1. The number of amides is 2. The van der Waals surface area contributed by atoms with Gasteiger partial charge in [-0.15, -0.1) is 0 Å². The summed E-state index contributed by atoms with van der Waals surface area (Å²) >= 11 is 0. The lowest BCUT2D eigenvalue weighted by Gasteiger charge is -2.34. The molecule has 6 nitrogen and oxygen atoms in total. The first-order valence-corrected chi connectivity index (χ1v) is 9.73. The van der Waals surface area contributed by atoms with E-state index in [1.807, 2.05) is 42.2 Å². The number of nitrogens with two attached hydrogens (primary N) is 1. The van der Waals surface area contributed by atoms with E-state index in [1.165, 1.54) is 0 Å². The van der Waals surface area contributed by atoms with Gasteiger partial charge in [0.15, 0.2) is 0 Å². The summed E-state index contributed by atoms with van der Waals surface area (Å²) in [4.78, 5) is 29.1. The summed E-state index contributed by atoms with van der Waals surface area (Å²) in [6, 6.07) is 13.3. The SMILES string of the molecule is CCc1ccccc1NC(=O)CN1CCN(C(=O)c2cc(N)ccc2C)CC1. The highest BCUT2D eigenvalue weighted by molar-refractivity contribution is 5.96. The average molecular weight is 380 g/mol. The molecule has 0 saturated carbocycles. The molecule has 28 heavy (non-hydrogen) atoms. The number of hydrogen-bond acceptors (Lipinski definition) is 4. The second kappa shape index (κ2) is 8.89. The van der Waals surface area contributed by atoms with Crippen molar-refractivity contribution in [1.82, 2.24) is 9.80 Å². The first-order valence-electron chi connectivity index (χ1n) is 9.73. The molecule has 6 heteroatoms. The first kappa shape index (κ1) is 19.9. The van der Waals surface area contributed by atoms with Gasteiger partial charge in [0, 0.05) is 43.1 Å². The molecule has 0 atom stereocenters. The van der Waals surface area contributed by atoms with Crippen molar-refractivity contribution in [1.29, 1.82) is 0 Å². The van der Waals surface area contributed by atoms with Gasteiger partial charge in [0.1, 0.15) is 0 Å². The van der Waals surface area contributed by atoms with Gasteiger partial charge in [0.2, 0.25) is 5.91 Å². The minimum absolute atomic E-state index is 0.00535. The standard InChI is InChI=1S/C22H28N4O2/c1-3-17-6-4-5-7-20(17)24-21(27)15-25-10-12-26(13-11-25)22(28)19-14-18(23)9-8-16(19)2/h4-9,14H,3,10-13,15,23H2,1-2H3,(H,24,27). The Bertz CT molecular complexity index is 857. The van der Waals surface area contributed by atoms with Crippen molar-refractivity contribution in [2.24, 2.45) is 0 Å². The van der Waals surface area contributed by atoms with Crippen molar-refractivity contribution < 1.29 is 9.59 Å². The second-order valence-corrected chi connectivity index (χ2v) is 7.20. The van der Waals surface area contributed by atoms with Gasteiger partial charge in [0.25, 0.3) is 5.91 Å². The Hall–Kier alpha value is -2.86. The van der Waals surface area contributed by atoms with E-state index in [1.54, 1.807) is 12.1 Å². The van der Waals surface area contributed by atoms with Gasteiger partial charge in [-0.3, -0.25) is 14.5 Å². The molecular weight excluding hydrogens is 352 g/mol. The summed E-state index contributed by atoms with van der Waals surface area (Å²) < 4.78 is 0. The van der Waals surface area contributed by atoms with E-state index in [2.05, 4.69) is 17.1 Å². The zero-order valence-corrected chi connectivity index (χ0v) is 16.6. The predicted octanol–water partition coefficient (Wildman–Crippen LogP) is 2.54. The van der Waals surface area contributed by atoms with Crippen LogP contribution in [0.25, 0.3) is 0 Å². The highest BCUT2D eigenvalue weighted by atomic mass is 16.2. The van der Waals surface area contributed by atoms with E-state index in [-0.39, 0.29) is 11.8 Å². The van der Waals surface area contributed by atoms with E-state index >= 15 is 0 Å². The highest BCUT2D eigenvalue weighted by Crippen LogP contribution is 2.17. The van der Waals surface area contributed by atoms with Gasteiger partial charge in [-0.05, 0) is 42.7 Å². The molecule has 0 radical (unpaired) electrons. The molecule has 0 spiro atoms. The lowest BCUT2D eigenvalue weighted by atomic mass is 10.1. The number of hydrogen-bond donors (Lipinski definition) is 2. The molecular formula is C22H28N4O2. The molecule has 2 aromatic rings. The number of carbonyl (C=O) groups is 2. The molecule has 3 rings (SSSR count). The van der Waals surface area contributed by atoms with E-state index in [4.69, 9.17) is 5.73 Å². The van der Waals surface area contributed by atoms with Crippen molar-refractivity contribution in [2.75, 3.05) is 43.8 Å². The quantitative estimate of drug-likeness (QED) is 0.782. The van der Waals surface area contributed by atoms with Crippen LogP contribution in [0.5, 0.6) is 0 Å². The minimum atomic E-state index is -0.0210. The maximum Gasteiger partial charge on any atom is 0.254 e. The van der Waals surface area contributed by atoms with Crippen LogP contribution in [-0.2, 0) is 11.2 Å². The van der Waals surface area contributed by atoms with Crippen molar-refractivity contribution >= 4 is 23.2 Å². The number of benzene rings is 2. The number of piperazine rings is 1. The van der Waals surface area contributed by atoms with Gasteiger partial charge in [0.05, 0.1) is 6.54 Å². The summed E-state index contributed by atoms with van der Waals surface area (Å²) in [5.74, 6) is -0.0156. The van der Waals surface area contributed by atoms with Crippen LogP contribution < -0.4 is 11.1 Å². The maximum absolute atomic E-state index is 12.8.